The topological polar surface area (TPSA) is 89.4 Å². The summed E-state index contributed by atoms with van der Waals surface area (Å²) in [7, 11) is 2.85. The number of nitrogens with one attached hydrogen (secondary N) is 1. The van der Waals surface area contributed by atoms with Crippen LogP contribution in [0.2, 0.25) is 0 Å². The van der Waals surface area contributed by atoms with Crippen molar-refractivity contribution in [2.75, 3.05) is 20.8 Å². The Labute approximate surface area is 153 Å². The zero-order valence-electron chi connectivity index (χ0n) is 13.7. The highest BCUT2D eigenvalue weighted by molar-refractivity contribution is 9.10. The van der Waals surface area contributed by atoms with Crippen LogP contribution >= 0.6 is 15.9 Å². The second-order valence-electron chi connectivity index (χ2n) is 4.81. The highest BCUT2D eigenvalue weighted by Gasteiger charge is 2.10. The van der Waals surface area contributed by atoms with E-state index >= 15 is 0 Å². The van der Waals surface area contributed by atoms with Crippen molar-refractivity contribution in [3.05, 3.63) is 46.4 Å². The molecule has 132 valence electrons. The number of hydrogen-bond acceptors (Lipinski definition) is 6. The molecule has 0 fully saturated rings. The first-order valence-corrected chi connectivity index (χ1v) is 7.98. The number of carbonyl (C=O) groups is 1. The van der Waals surface area contributed by atoms with E-state index in [9.17, 15) is 9.90 Å². The maximum atomic E-state index is 11.7. The van der Waals surface area contributed by atoms with Crippen molar-refractivity contribution in [2.45, 2.75) is 0 Å². The minimum atomic E-state index is -0.408. The molecule has 2 rings (SSSR count). The molecule has 0 unspecified atom stereocenters. The summed E-state index contributed by atoms with van der Waals surface area (Å²) in [6, 6.07) is 10.3. The van der Waals surface area contributed by atoms with Crippen LogP contribution < -0.4 is 19.6 Å². The monoisotopic (exact) mass is 408 g/mol. The number of aromatic hydroxyl groups is 1. The number of rotatable bonds is 7. The molecule has 8 heteroatoms. The molecule has 1 amide bonds. The normalized spacial score (nSPS) is 10.5. The van der Waals surface area contributed by atoms with Gasteiger partial charge in [0.25, 0.3) is 5.91 Å². The van der Waals surface area contributed by atoms with Gasteiger partial charge in [-0.2, -0.15) is 5.10 Å². The number of hydrogen-bond donors (Lipinski definition) is 2. The number of benzene rings is 2. The maximum absolute atomic E-state index is 11.7. The van der Waals surface area contributed by atoms with Gasteiger partial charge in [0.1, 0.15) is 5.75 Å². The molecule has 0 heterocycles. The molecule has 0 aliphatic carbocycles. The SMILES string of the molecule is COc1cc(C=NNC(=O)COc2cccc(Br)c2)cc(OC)c1O. The van der Waals surface area contributed by atoms with Crippen LogP contribution in [0.15, 0.2) is 46.0 Å². The van der Waals surface area contributed by atoms with Crippen LogP contribution in [0.4, 0.5) is 0 Å². The lowest BCUT2D eigenvalue weighted by molar-refractivity contribution is -0.123. The molecular weight excluding hydrogens is 392 g/mol. The van der Waals surface area contributed by atoms with Gasteiger partial charge < -0.3 is 19.3 Å². The molecular formula is C17H17BrN2O5. The fourth-order valence-electron chi connectivity index (χ4n) is 1.91. The Morgan fingerprint density at radius 2 is 1.92 bits per heavy atom. The van der Waals surface area contributed by atoms with Crippen molar-refractivity contribution in [3.63, 3.8) is 0 Å². The van der Waals surface area contributed by atoms with Gasteiger partial charge in [-0.1, -0.05) is 22.0 Å². The van der Waals surface area contributed by atoms with Crippen molar-refractivity contribution in [2.24, 2.45) is 5.10 Å². The summed E-state index contributed by atoms with van der Waals surface area (Å²) in [5.41, 5.74) is 2.94. The van der Waals surface area contributed by atoms with Crippen molar-refractivity contribution in [1.82, 2.24) is 5.43 Å². The van der Waals surface area contributed by atoms with Crippen LogP contribution in [0.25, 0.3) is 0 Å². The van der Waals surface area contributed by atoms with Crippen LogP contribution in [0.3, 0.4) is 0 Å². The Hall–Kier alpha value is -2.74. The van der Waals surface area contributed by atoms with E-state index in [2.05, 4.69) is 26.5 Å². The van der Waals surface area contributed by atoms with Gasteiger partial charge >= 0.3 is 0 Å². The predicted molar refractivity (Wildman–Crippen MR) is 96.6 cm³/mol. The van der Waals surface area contributed by atoms with Gasteiger partial charge in [-0.25, -0.2) is 5.43 Å². The van der Waals surface area contributed by atoms with Crippen molar-refractivity contribution in [3.8, 4) is 23.0 Å². The first kappa shape index (κ1) is 18.6. The summed E-state index contributed by atoms with van der Waals surface area (Å²) in [4.78, 5) is 11.7. The van der Waals surface area contributed by atoms with E-state index < -0.39 is 5.91 Å². The summed E-state index contributed by atoms with van der Waals surface area (Å²) < 4.78 is 16.3. The molecule has 2 N–H and O–H groups in total. The first-order chi connectivity index (χ1) is 12.0. The zero-order valence-corrected chi connectivity index (χ0v) is 15.2. The average molecular weight is 409 g/mol. The van der Waals surface area contributed by atoms with Crippen LogP contribution in [0.1, 0.15) is 5.56 Å². The molecule has 0 atom stereocenters. The van der Waals surface area contributed by atoms with Gasteiger partial charge in [-0.3, -0.25) is 4.79 Å². The number of carbonyl (C=O) groups excluding carboxylic acids is 1. The molecule has 0 radical (unpaired) electrons. The van der Waals surface area contributed by atoms with Crippen LogP contribution in [-0.4, -0.2) is 38.1 Å². The lowest BCUT2D eigenvalue weighted by atomic mass is 10.2. The number of nitrogens with zero attached hydrogens (tertiary/aromatic N) is 1. The van der Waals surface area contributed by atoms with Crippen LogP contribution in [0, 0.1) is 0 Å². The molecule has 0 aliphatic heterocycles. The highest BCUT2D eigenvalue weighted by atomic mass is 79.9. The molecule has 0 saturated carbocycles. The number of amides is 1. The number of hydrazone groups is 1. The van der Waals surface area contributed by atoms with E-state index in [1.165, 1.54) is 20.4 Å². The Morgan fingerprint density at radius 3 is 2.52 bits per heavy atom. The van der Waals surface area contributed by atoms with E-state index in [4.69, 9.17) is 14.2 Å². The van der Waals surface area contributed by atoms with Gasteiger partial charge in [0.05, 0.1) is 20.4 Å². The van der Waals surface area contributed by atoms with Crippen LogP contribution in [0.5, 0.6) is 23.0 Å². The van der Waals surface area contributed by atoms with E-state index in [0.717, 1.165) is 4.47 Å². The standard InChI is InChI=1S/C17H17BrN2O5/c1-23-14-6-11(7-15(24-2)17(14)22)9-19-20-16(21)10-25-13-5-3-4-12(18)8-13/h3-9,22H,10H2,1-2H3,(H,20,21). The third-order valence-electron chi connectivity index (χ3n) is 3.07. The lowest BCUT2D eigenvalue weighted by Gasteiger charge is -2.09. The highest BCUT2D eigenvalue weighted by Crippen LogP contribution is 2.36. The van der Waals surface area contributed by atoms with Gasteiger partial charge in [0, 0.05) is 10.0 Å². The average Bonchev–Trinajstić information content (AvgIpc) is 2.61. The number of methoxy groups -OCH3 is 2. The summed E-state index contributed by atoms with van der Waals surface area (Å²) >= 11 is 3.32. The molecule has 0 saturated heterocycles. The molecule has 0 aliphatic rings. The molecule has 0 aromatic heterocycles. The van der Waals surface area contributed by atoms with Crippen LogP contribution in [-0.2, 0) is 4.79 Å². The van der Waals surface area contributed by atoms with Crippen molar-refractivity contribution in [1.29, 1.82) is 0 Å². The van der Waals surface area contributed by atoms with Gasteiger partial charge in [0.15, 0.2) is 18.1 Å². The van der Waals surface area contributed by atoms with Crippen molar-refractivity contribution >= 4 is 28.1 Å². The second-order valence-corrected chi connectivity index (χ2v) is 5.73. The number of phenols is 1. The second kappa shape index (κ2) is 8.93. The Morgan fingerprint density at radius 1 is 1.24 bits per heavy atom. The first-order valence-electron chi connectivity index (χ1n) is 7.18. The van der Waals surface area contributed by atoms with E-state index in [-0.39, 0.29) is 23.9 Å². The largest absolute Gasteiger partial charge is 0.502 e. The lowest BCUT2D eigenvalue weighted by Crippen LogP contribution is -2.24. The summed E-state index contributed by atoms with van der Waals surface area (Å²) in [6.07, 6.45) is 1.40. The molecule has 0 spiro atoms. The number of phenolic OH excluding ortho intramolecular Hbond substituents is 1. The number of halogens is 1. The summed E-state index contributed by atoms with van der Waals surface area (Å²) in [5.74, 6) is 0.541. The zero-order chi connectivity index (χ0) is 18.2. The van der Waals surface area contributed by atoms with E-state index in [0.29, 0.717) is 11.3 Å². The molecule has 0 bridgehead atoms. The third kappa shape index (κ3) is 5.39. The molecule has 2 aromatic rings. The fraction of sp³-hybridized carbons (Fsp3) is 0.176. The van der Waals surface area contributed by atoms with E-state index in [1.807, 2.05) is 6.07 Å². The minimum Gasteiger partial charge on any atom is -0.502 e. The number of ether oxygens (including phenoxy) is 3. The quantitative estimate of drug-likeness (QED) is 0.542. The van der Waals surface area contributed by atoms with Gasteiger partial charge in [-0.15, -0.1) is 0 Å². The van der Waals surface area contributed by atoms with E-state index in [1.54, 1.807) is 30.3 Å². The molecule has 7 nitrogen and oxygen atoms in total. The van der Waals surface area contributed by atoms with Crippen molar-refractivity contribution < 1.29 is 24.1 Å². The van der Waals surface area contributed by atoms with Gasteiger partial charge in [-0.05, 0) is 30.3 Å². The fourth-order valence-corrected chi connectivity index (χ4v) is 2.28. The molecule has 25 heavy (non-hydrogen) atoms. The smallest absolute Gasteiger partial charge is 0.277 e. The molecule has 2 aromatic carbocycles. The van der Waals surface area contributed by atoms with Gasteiger partial charge in [0.2, 0.25) is 5.75 Å². The Bertz CT molecular complexity index is 754. The third-order valence-corrected chi connectivity index (χ3v) is 3.56. The summed E-state index contributed by atoms with van der Waals surface area (Å²) in [5, 5.41) is 13.7. The minimum absolute atomic E-state index is 0.103. The summed E-state index contributed by atoms with van der Waals surface area (Å²) in [6.45, 7) is -0.171. The maximum Gasteiger partial charge on any atom is 0.277 e. The Kier molecular flexibility index (Phi) is 6.64. The Balaban J connectivity index is 1.93. The predicted octanol–water partition coefficient (Wildman–Crippen LogP) is 2.70.